The van der Waals surface area contributed by atoms with Gasteiger partial charge in [-0.15, -0.1) is 0 Å². The summed E-state index contributed by atoms with van der Waals surface area (Å²) in [6.45, 7) is 18.1. The normalized spacial score (nSPS) is 14.2. The highest BCUT2D eigenvalue weighted by Crippen LogP contribution is 2.21. The van der Waals surface area contributed by atoms with Crippen molar-refractivity contribution in [1.82, 2.24) is 4.90 Å². The fourth-order valence-electron chi connectivity index (χ4n) is 1.97. The molecule has 0 heterocycles. The Kier molecular flexibility index (Phi) is 6.93. The van der Waals surface area contributed by atoms with Crippen molar-refractivity contribution < 1.29 is 0 Å². The van der Waals surface area contributed by atoms with E-state index in [1.165, 1.54) is 5.57 Å². The van der Waals surface area contributed by atoms with Gasteiger partial charge in [0.2, 0.25) is 0 Å². The zero-order valence-electron chi connectivity index (χ0n) is 11.8. The Morgan fingerprint density at radius 1 is 1.38 bits per heavy atom. The van der Waals surface area contributed by atoms with Gasteiger partial charge in [0.05, 0.1) is 0 Å². The van der Waals surface area contributed by atoms with Crippen molar-refractivity contribution in [3.63, 3.8) is 0 Å². The molecule has 0 amide bonds. The van der Waals surface area contributed by atoms with Crippen LogP contribution < -0.4 is 5.73 Å². The van der Waals surface area contributed by atoms with Gasteiger partial charge < -0.3 is 5.73 Å². The Morgan fingerprint density at radius 2 is 1.94 bits per heavy atom. The Balaban J connectivity index is 3.88. The number of rotatable bonds is 7. The SMILES string of the molecule is C=C(C)CN(CC)CCC(N)CC(C)(C)C. The smallest absolute Gasteiger partial charge is 0.0187 e. The van der Waals surface area contributed by atoms with Crippen LogP contribution in [0.1, 0.15) is 47.5 Å². The summed E-state index contributed by atoms with van der Waals surface area (Å²) in [6, 6.07) is 0.319. The lowest BCUT2D eigenvalue weighted by molar-refractivity contribution is 0.270. The number of likely N-dealkylation sites (N-methyl/N-ethyl adjacent to an activating group) is 1. The summed E-state index contributed by atoms with van der Waals surface area (Å²) >= 11 is 0. The summed E-state index contributed by atoms with van der Waals surface area (Å²) in [4.78, 5) is 2.41. The summed E-state index contributed by atoms with van der Waals surface area (Å²) in [7, 11) is 0. The molecular weight excluding hydrogens is 196 g/mol. The molecule has 0 aromatic rings. The van der Waals surface area contributed by atoms with Gasteiger partial charge in [0.15, 0.2) is 0 Å². The molecule has 0 aromatic heterocycles. The standard InChI is InChI=1S/C14H30N2/c1-7-16(11-12(2)3)9-8-13(15)10-14(4,5)6/h13H,2,7-11,15H2,1,3-6H3. The molecule has 1 atom stereocenters. The van der Waals surface area contributed by atoms with Gasteiger partial charge in [0, 0.05) is 12.6 Å². The Morgan fingerprint density at radius 3 is 2.31 bits per heavy atom. The van der Waals surface area contributed by atoms with Gasteiger partial charge in [0.1, 0.15) is 0 Å². The van der Waals surface area contributed by atoms with E-state index >= 15 is 0 Å². The molecule has 16 heavy (non-hydrogen) atoms. The summed E-state index contributed by atoms with van der Waals surface area (Å²) < 4.78 is 0. The van der Waals surface area contributed by atoms with E-state index in [0.29, 0.717) is 11.5 Å². The number of nitrogens with zero attached hydrogens (tertiary/aromatic N) is 1. The molecule has 0 radical (unpaired) electrons. The second-order valence-electron chi connectivity index (χ2n) is 6.14. The molecule has 0 fully saturated rings. The maximum absolute atomic E-state index is 6.14. The van der Waals surface area contributed by atoms with Gasteiger partial charge in [-0.05, 0) is 38.3 Å². The van der Waals surface area contributed by atoms with Crippen molar-refractivity contribution in [1.29, 1.82) is 0 Å². The average molecular weight is 226 g/mol. The molecule has 2 nitrogen and oxygen atoms in total. The van der Waals surface area contributed by atoms with E-state index in [9.17, 15) is 0 Å². The molecule has 0 spiro atoms. The second-order valence-corrected chi connectivity index (χ2v) is 6.14. The van der Waals surface area contributed by atoms with Crippen LogP contribution in [0.2, 0.25) is 0 Å². The molecule has 2 heteroatoms. The van der Waals surface area contributed by atoms with Crippen molar-refractivity contribution in [3.8, 4) is 0 Å². The molecular formula is C14H30N2. The second kappa shape index (κ2) is 7.08. The predicted octanol–water partition coefficient (Wildman–Crippen LogP) is 3.04. The van der Waals surface area contributed by atoms with Gasteiger partial charge in [-0.1, -0.05) is 39.8 Å². The zero-order chi connectivity index (χ0) is 12.8. The molecule has 0 aliphatic rings. The lowest BCUT2D eigenvalue weighted by Gasteiger charge is -2.26. The van der Waals surface area contributed by atoms with Crippen LogP contribution in [0.3, 0.4) is 0 Å². The van der Waals surface area contributed by atoms with Crippen LogP contribution in [-0.2, 0) is 0 Å². The Hall–Kier alpha value is -0.340. The maximum Gasteiger partial charge on any atom is 0.0187 e. The fourth-order valence-corrected chi connectivity index (χ4v) is 1.97. The van der Waals surface area contributed by atoms with E-state index in [1.54, 1.807) is 0 Å². The number of hydrogen-bond acceptors (Lipinski definition) is 2. The quantitative estimate of drug-likeness (QED) is 0.676. The number of nitrogens with two attached hydrogens (primary N) is 1. The Bertz CT molecular complexity index is 203. The molecule has 0 aliphatic heterocycles. The third-order valence-electron chi connectivity index (χ3n) is 2.63. The van der Waals surface area contributed by atoms with Crippen molar-refractivity contribution in [2.45, 2.75) is 53.5 Å². The zero-order valence-corrected chi connectivity index (χ0v) is 11.8. The first-order valence-corrected chi connectivity index (χ1v) is 6.37. The van der Waals surface area contributed by atoms with E-state index < -0.39 is 0 Å². The van der Waals surface area contributed by atoms with Gasteiger partial charge in [0.25, 0.3) is 0 Å². The van der Waals surface area contributed by atoms with Gasteiger partial charge in [-0.25, -0.2) is 0 Å². The van der Waals surface area contributed by atoms with Crippen molar-refractivity contribution >= 4 is 0 Å². The third-order valence-corrected chi connectivity index (χ3v) is 2.63. The highest BCUT2D eigenvalue weighted by atomic mass is 15.1. The van der Waals surface area contributed by atoms with Crippen molar-refractivity contribution in [2.75, 3.05) is 19.6 Å². The summed E-state index contributed by atoms with van der Waals surface area (Å²) in [5.41, 5.74) is 7.71. The van der Waals surface area contributed by atoms with E-state index in [4.69, 9.17) is 5.73 Å². The van der Waals surface area contributed by atoms with Gasteiger partial charge >= 0.3 is 0 Å². The van der Waals surface area contributed by atoms with E-state index in [-0.39, 0.29) is 0 Å². The molecule has 0 aliphatic carbocycles. The average Bonchev–Trinajstić information content (AvgIpc) is 2.08. The van der Waals surface area contributed by atoms with Crippen LogP contribution in [0, 0.1) is 5.41 Å². The van der Waals surface area contributed by atoms with Crippen molar-refractivity contribution in [3.05, 3.63) is 12.2 Å². The maximum atomic E-state index is 6.14. The summed E-state index contributed by atoms with van der Waals surface area (Å²) in [5.74, 6) is 0. The largest absolute Gasteiger partial charge is 0.328 e. The predicted molar refractivity (Wildman–Crippen MR) is 73.6 cm³/mol. The molecule has 0 rings (SSSR count). The van der Waals surface area contributed by atoms with Crippen LogP contribution in [0.15, 0.2) is 12.2 Å². The minimum absolute atomic E-state index is 0.319. The lowest BCUT2D eigenvalue weighted by Crippen LogP contribution is -2.33. The van der Waals surface area contributed by atoms with Crippen LogP contribution in [0.5, 0.6) is 0 Å². The molecule has 1 unspecified atom stereocenters. The topological polar surface area (TPSA) is 29.3 Å². The molecule has 0 bridgehead atoms. The summed E-state index contributed by atoms with van der Waals surface area (Å²) in [6.07, 6.45) is 2.18. The van der Waals surface area contributed by atoms with Crippen molar-refractivity contribution in [2.24, 2.45) is 11.1 Å². The number of hydrogen-bond donors (Lipinski definition) is 1. The highest BCUT2D eigenvalue weighted by molar-refractivity contribution is 4.91. The first-order valence-electron chi connectivity index (χ1n) is 6.37. The Labute approximate surface area is 102 Å². The monoisotopic (exact) mass is 226 g/mol. The van der Waals surface area contributed by atoms with E-state index in [2.05, 4.69) is 46.1 Å². The fraction of sp³-hybridized carbons (Fsp3) is 0.857. The van der Waals surface area contributed by atoms with Gasteiger partial charge in [-0.3, -0.25) is 4.90 Å². The van der Waals surface area contributed by atoms with E-state index in [1.807, 2.05) is 0 Å². The van der Waals surface area contributed by atoms with E-state index in [0.717, 1.165) is 32.5 Å². The summed E-state index contributed by atoms with van der Waals surface area (Å²) in [5, 5.41) is 0. The van der Waals surface area contributed by atoms with Crippen LogP contribution in [0.4, 0.5) is 0 Å². The highest BCUT2D eigenvalue weighted by Gasteiger charge is 2.16. The third kappa shape index (κ3) is 8.93. The van der Waals surface area contributed by atoms with Crippen LogP contribution in [0.25, 0.3) is 0 Å². The molecule has 0 saturated carbocycles. The molecule has 0 saturated heterocycles. The molecule has 96 valence electrons. The minimum Gasteiger partial charge on any atom is -0.328 e. The molecule has 0 aromatic carbocycles. The van der Waals surface area contributed by atoms with Crippen LogP contribution in [-0.4, -0.2) is 30.6 Å². The first-order chi connectivity index (χ1) is 7.24. The first kappa shape index (κ1) is 15.7. The van der Waals surface area contributed by atoms with Crippen LogP contribution >= 0.6 is 0 Å². The molecule has 2 N–H and O–H groups in total. The minimum atomic E-state index is 0.319. The lowest BCUT2D eigenvalue weighted by atomic mass is 9.87. The van der Waals surface area contributed by atoms with Gasteiger partial charge in [-0.2, -0.15) is 0 Å².